The van der Waals surface area contributed by atoms with Crippen LogP contribution in [0.25, 0.3) is 0 Å². The molecule has 0 saturated heterocycles. The van der Waals surface area contributed by atoms with E-state index in [2.05, 4.69) is 26.5 Å². The second-order valence-corrected chi connectivity index (χ2v) is 8.96. The van der Waals surface area contributed by atoms with Gasteiger partial charge in [-0.15, -0.1) is 0 Å². The predicted octanol–water partition coefficient (Wildman–Crippen LogP) is 6.66. The monoisotopic (exact) mass is 562 g/mol. The summed E-state index contributed by atoms with van der Waals surface area (Å²) < 4.78 is 11.9. The largest absolute Gasteiger partial charge is 0.489 e. The molecule has 0 spiro atoms. The molecule has 6 nitrogen and oxygen atoms in total. The average molecular weight is 564 g/mol. The lowest BCUT2D eigenvalue weighted by Crippen LogP contribution is -2.17. The predicted molar refractivity (Wildman–Crippen MR) is 143 cm³/mol. The van der Waals surface area contributed by atoms with Crippen molar-refractivity contribution in [1.29, 1.82) is 0 Å². The molecule has 0 atom stereocenters. The first-order chi connectivity index (χ1) is 17.5. The van der Waals surface area contributed by atoms with Crippen LogP contribution in [0.3, 0.4) is 0 Å². The first kappa shape index (κ1) is 25.2. The topological polar surface area (TPSA) is 77.0 Å². The minimum absolute atomic E-state index is 0.352. The standard InChI is InChI=1S/C28H20BrClN2O4/c29-23-3-1-2-22(16-23)28(34)36-26-12-6-19(7-13-26)17-31-32-27(33)21-8-14-25(15-9-21)35-18-20-4-10-24(30)11-5-20/h1-17H,18H2,(H,32,33)/b31-17-. The number of hydrogen-bond donors (Lipinski definition) is 1. The molecule has 0 aromatic heterocycles. The van der Waals surface area contributed by atoms with Crippen molar-refractivity contribution in [1.82, 2.24) is 5.43 Å². The van der Waals surface area contributed by atoms with E-state index >= 15 is 0 Å². The molecule has 0 unspecified atom stereocenters. The van der Waals surface area contributed by atoms with Gasteiger partial charge >= 0.3 is 5.97 Å². The van der Waals surface area contributed by atoms with Gasteiger partial charge in [-0.3, -0.25) is 4.79 Å². The Morgan fingerprint density at radius 3 is 2.25 bits per heavy atom. The molecule has 4 aromatic rings. The molecule has 8 heteroatoms. The summed E-state index contributed by atoms with van der Waals surface area (Å²) in [7, 11) is 0. The summed E-state index contributed by atoms with van der Waals surface area (Å²) in [4.78, 5) is 24.6. The summed E-state index contributed by atoms with van der Waals surface area (Å²) in [5, 5.41) is 4.66. The van der Waals surface area contributed by atoms with E-state index in [1.807, 2.05) is 30.3 Å². The van der Waals surface area contributed by atoms with Crippen LogP contribution in [0.2, 0.25) is 5.02 Å². The fourth-order valence-electron chi connectivity index (χ4n) is 3.08. The fraction of sp³-hybridized carbons (Fsp3) is 0.0357. The molecule has 4 aromatic carbocycles. The van der Waals surface area contributed by atoms with Gasteiger partial charge in [0.25, 0.3) is 5.91 Å². The van der Waals surface area contributed by atoms with Gasteiger partial charge < -0.3 is 9.47 Å². The van der Waals surface area contributed by atoms with E-state index in [9.17, 15) is 9.59 Å². The highest BCUT2D eigenvalue weighted by atomic mass is 79.9. The summed E-state index contributed by atoms with van der Waals surface area (Å²) in [5.74, 6) is 0.242. The quantitative estimate of drug-likeness (QED) is 0.112. The van der Waals surface area contributed by atoms with Crippen LogP contribution in [-0.2, 0) is 6.61 Å². The molecule has 0 fully saturated rings. The van der Waals surface area contributed by atoms with E-state index in [0.717, 1.165) is 15.6 Å². The molecular weight excluding hydrogens is 544 g/mol. The summed E-state index contributed by atoms with van der Waals surface area (Å²) >= 11 is 9.22. The highest BCUT2D eigenvalue weighted by Gasteiger charge is 2.09. The highest BCUT2D eigenvalue weighted by Crippen LogP contribution is 2.17. The van der Waals surface area contributed by atoms with Crippen molar-refractivity contribution in [3.8, 4) is 11.5 Å². The maximum absolute atomic E-state index is 12.4. The number of nitrogens with one attached hydrogen (secondary N) is 1. The SMILES string of the molecule is O=C(N/N=C\c1ccc(OC(=O)c2cccc(Br)c2)cc1)c1ccc(OCc2ccc(Cl)cc2)cc1. The zero-order valence-corrected chi connectivity index (χ0v) is 21.2. The lowest BCUT2D eigenvalue weighted by molar-refractivity contribution is 0.0734. The molecule has 4 rings (SSSR count). The fourth-order valence-corrected chi connectivity index (χ4v) is 3.61. The Kier molecular flexibility index (Phi) is 8.49. The minimum Gasteiger partial charge on any atom is -0.489 e. The van der Waals surface area contributed by atoms with Crippen LogP contribution in [0, 0.1) is 0 Å². The van der Waals surface area contributed by atoms with Gasteiger partial charge in [0.1, 0.15) is 18.1 Å². The lowest BCUT2D eigenvalue weighted by Gasteiger charge is -2.07. The number of hydrogen-bond acceptors (Lipinski definition) is 5. The van der Waals surface area contributed by atoms with E-state index in [-0.39, 0.29) is 5.91 Å². The summed E-state index contributed by atoms with van der Waals surface area (Å²) in [6.45, 7) is 0.398. The van der Waals surface area contributed by atoms with Crippen LogP contribution in [0.4, 0.5) is 0 Å². The van der Waals surface area contributed by atoms with Gasteiger partial charge in [0.2, 0.25) is 0 Å². The molecule has 0 heterocycles. The van der Waals surface area contributed by atoms with Crippen molar-refractivity contribution in [2.75, 3.05) is 0 Å². The first-order valence-electron chi connectivity index (χ1n) is 10.8. The van der Waals surface area contributed by atoms with Gasteiger partial charge in [0, 0.05) is 15.1 Å². The Labute approximate surface area is 221 Å². The van der Waals surface area contributed by atoms with Crippen LogP contribution in [0.5, 0.6) is 11.5 Å². The zero-order chi connectivity index (χ0) is 25.3. The average Bonchev–Trinajstić information content (AvgIpc) is 2.89. The van der Waals surface area contributed by atoms with Crippen LogP contribution < -0.4 is 14.9 Å². The number of amides is 1. The molecular formula is C28H20BrClN2O4. The number of ether oxygens (including phenoxy) is 2. The van der Waals surface area contributed by atoms with Gasteiger partial charge in [-0.05, 0) is 90.0 Å². The van der Waals surface area contributed by atoms with Crippen molar-refractivity contribution in [2.45, 2.75) is 6.61 Å². The van der Waals surface area contributed by atoms with Crippen LogP contribution in [-0.4, -0.2) is 18.1 Å². The number of hydrazone groups is 1. The minimum atomic E-state index is -0.452. The number of carbonyl (C=O) groups is 2. The van der Waals surface area contributed by atoms with Gasteiger partial charge in [0.05, 0.1) is 11.8 Å². The number of nitrogens with zero attached hydrogens (tertiary/aromatic N) is 1. The molecule has 0 aliphatic carbocycles. The zero-order valence-electron chi connectivity index (χ0n) is 18.9. The number of carbonyl (C=O) groups excluding carboxylic acids is 2. The molecule has 1 amide bonds. The second-order valence-electron chi connectivity index (χ2n) is 7.61. The van der Waals surface area contributed by atoms with Crippen molar-refractivity contribution < 1.29 is 19.1 Å². The maximum Gasteiger partial charge on any atom is 0.343 e. The Bertz CT molecular complexity index is 1370. The van der Waals surface area contributed by atoms with E-state index in [4.69, 9.17) is 21.1 Å². The van der Waals surface area contributed by atoms with Crippen molar-refractivity contribution >= 4 is 45.6 Å². The number of halogens is 2. The smallest absolute Gasteiger partial charge is 0.343 e. The number of benzene rings is 4. The third-order valence-electron chi connectivity index (χ3n) is 4.97. The van der Waals surface area contributed by atoms with Crippen LogP contribution >= 0.6 is 27.5 Å². The molecule has 36 heavy (non-hydrogen) atoms. The third-order valence-corrected chi connectivity index (χ3v) is 5.71. The molecule has 0 saturated carbocycles. The van der Waals surface area contributed by atoms with E-state index in [1.165, 1.54) is 6.21 Å². The molecule has 0 aliphatic heterocycles. The Morgan fingerprint density at radius 1 is 0.861 bits per heavy atom. The summed E-state index contributed by atoms with van der Waals surface area (Å²) in [5.41, 5.74) is 5.10. The summed E-state index contributed by atoms with van der Waals surface area (Å²) in [6, 6.07) is 27.9. The number of esters is 1. The van der Waals surface area contributed by atoms with Crippen molar-refractivity contribution in [3.05, 3.63) is 129 Å². The lowest BCUT2D eigenvalue weighted by atomic mass is 10.2. The molecule has 0 bridgehead atoms. The van der Waals surface area contributed by atoms with E-state index in [1.54, 1.807) is 66.7 Å². The highest BCUT2D eigenvalue weighted by molar-refractivity contribution is 9.10. The Hall–Kier alpha value is -3.94. The van der Waals surface area contributed by atoms with Crippen LogP contribution in [0.15, 0.2) is 107 Å². The molecule has 180 valence electrons. The van der Waals surface area contributed by atoms with Gasteiger partial charge in [-0.2, -0.15) is 5.10 Å². The van der Waals surface area contributed by atoms with Gasteiger partial charge in [0.15, 0.2) is 0 Å². The maximum atomic E-state index is 12.4. The van der Waals surface area contributed by atoms with Crippen molar-refractivity contribution in [3.63, 3.8) is 0 Å². The normalized spacial score (nSPS) is 10.7. The van der Waals surface area contributed by atoms with Gasteiger partial charge in [-0.1, -0.05) is 45.7 Å². The Balaban J connectivity index is 1.25. The molecule has 0 aliphatic rings. The summed E-state index contributed by atoms with van der Waals surface area (Å²) in [6.07, 6.45) is 1.50. The van der Waals surface area contributed by atoms with E-state index < -0.39 is 5.97 Å². The molecule has 0 radical (unpaired) electrons. The van der Waals surface area contributed by atoms with Crippen LogP contribution in [0.1, 0.15) is 31.8 Å². The third kappa shape index (κ3) is 7.28. The van der Waals surface area contributed by atoms with E-state index in [0.29, 0.717) is 34.3 Å². The molecule has 1 N–H and O–H groups in total. The number of rotatable bonds is 8. The van der Waals surface area contributed by atoms with Crippen molar-refractivity contribution in [2.24, 2.45) is 5.10 Å². The Morgan fingerprint density at radius 2 is 1.56 bits per heavy atom. The second kappa shape index (κ2) is 12.2. The van der Waals surface area contributed by atoms with Gasteiger partial charge in [-0.25, -0.2) is 10.2 Å². The first-order valence-corrected chi connectivity index (χ1v) is 12.0.